The van der Waals surface area contributed by atoms with Crippen molar-refractivity contribution in [3.63, 3.8) is 0 Å². The summed E-state index contributed by atoms with van der Waals surface area (Å²) in [5, 5.41) is 7.97. The molecule has 2 aliphatic carbocycles. The Kier molecular flexibility index (Phi) is 4.95. The molecule has 0 bridgehead atoms. The van der Waals surface area contributed by atoms with Gasteiger partial charge in [-0.1, -0.05) is 149 Å². The molecule has 0 atom stereocenters. The van der Waals surface area contributed by atoms with E-state index in [4.69, 9.17) is 0 Å². The summed E-state index contributed by atoms with van der Waals surface area (Å²) in [7, 11) is 0. The Morgan fingerprint density at radius 3 is 1.52 bits per heavy atom. The van der Waals surface area contributed by atoms with Gasteiger partial charge in [-0.25, -0.2) is 0 Å². The number of rotatable bonds is 2. The van der Waals surface area contributed by atoms with Crippen molar-refractivity contribution in [2.45, 2.75) is 38.5 Å². The van der Waals surface area contributed by atoms with Gasteiger partial charge >= 0.3 is 0 Å². The Morgan fingerprint density at radius 1 is 0.326 bits per heavy atom. The Balaban J connectivity index is 1.20. The van der Waals surface area contributed by atoms with E-state index in [9.17, 15) is 0 Å². The molecule has 10 rings (SSSR count). The molecule has 8 aromatic carbocycles. The molecule has 0 nitrogen and oxygen atoms in total. The van der Waals surface area contributed by atoms with E-state index < -0.39 is 0 Å². The highest BCUT2D eigenvalue weighted by Crippen LogP contribution is 2.56. The zero-order chi connectivity index (χ0) is 30.9. The van der Waals surface area contributed by atoms with Crippen LogP contribution in [0.25, 0.3) is 76.8 Å². The molecule has 0 aliphatic heterocycles. The van der Waals surface area contributed by atoms with Gasteiger partial charge in [0.1, 0.15) is 0 Å². The van der Waals surface area contributed by atoms with Gasteiger partial charge in [0, 0.05) is 10.8 Å². The predicted octanol–water partition coefficient (Wildman–Crippen LogP) is 12.5. The Hall–Kier alpha value is -5.20. The van der Waals surface area contributed by atoms with Gasteiger partial charge in [-0.05, 0) is 111 Å². The zero-order valence-corrected chi connectivity index (χ0v) is 26.7. The summed E-state index contributed by atoms with van der Waals surface area (Å²) in [4.78, 5) is 0. The largest absolute Gasteiger partial charge is 0.0622 e. The van der Waals surface area contributed by atoms with E-state index in [0.29, 0.717) is 0 Å². The van der Waals surface area contributed by atoms with E-state index >= 15 is 0 Å². The van der Waals surface area contributed by atoms with Crippen LogP contribution in [0.4, 0.5) is 0 Å². The number of fused-ring (bicyclic) bond motifs is 6. The molecule has 2 aliphatic rings. The molecular weight excluding hydrogens is 553 g/mol. The van der Waals surface area contributed by atoms with Gasteiger partial charge in [-0.3, -0.25) is 0 Å². The molecular formula is C46H34. The second kappa shape index (κ2) is 8.74. The first kappa shape index (κ1) is 26.1. The van der Waals surface area contributed by atoms with Gasteiger partial charge in [-0.15, -0.1) is 0 Å². The lowest BCUT2D eigenvalue weighted by Gasteiger charge is -2.25. The van der Waals surface area contributed by atoms with Crippen molar-refractivity contribution in [3.05, 3.63) is 156 Å². The van der Waals surface area contributed by atoms with E-state index in [-0.39, 0.29) is 10.8 Å². The molecule has 0 amide bonds. The van der Waals surface area contributed by atoms with E-state index in [1.165, 1.54) is 99.1 Å². The van der Waals surface area contributed by atoms with Crippen molar-refractivity contribution in [2.75, 3.05) is 0 Å². The molecule has 0 saturated heterocycles. The highest BCUT2D eigenvalue weighted by molar-refractivity contribution is 6.27. The average Bonchev–Trinajstić information content (AvgIpc) is 3.45. The first-order chi connectivity index (χ1) is 22.3. The molecule has 0 unspecified atom stereocenters. The number of hydrogen-bond donors (Lipinski definition) is 0. The predicted molar refractivity (Wildman–Crippen MR) is 196 cm³/mol. The van der Waals surface area contributed by atoms with Crippen LogP contribution in [0.2, 0.25) is 0 Å². The van der Waals surface area contributed by atoms with Gasteiger partial charge in [0.2, 0.25) is 0 Å². The fourth-order valence-electron chi connectivity index (χ4n) is 9.03. The van der Waals surface area contributed by atoms with Crippen LogP contribution in [-0.4, -0.2) is 0 Å². The molecule has 0 fully saturated rings. The van der Waals surface area contributed by atoms with Crippen LogP contribution in [0.1, 0.15) is 49.9 Å². The quantitative estimate of drug-likeness (QED) is 0.177. The molecule has 218 valence electrons. The molecule has 46 heavy (non-hydrogen) atoms. The first-order valence-electron chi connectivity index (χ1n) is 16.5. The molecule has 0 saturated carbocycles. The Morgan fingerprint density at radius 2 is 0.848 bits per heavy atom. The van der Waals surface area contributed by atoms with Crippen LogP contribution in [0.5, 0.6) is 0 Å². The van der Waals surface area contributed by atoms with Crippen LogP contribution >= 0.6 is 0 Å². The molecule has 0 aromatic heterocycles. The maximum absolute atomic E-state index is 2.53. The van der Waals surface area contributed by atoms with Crippen molar-refractivity contribution in [1.82, 2.24) is 0 Å². The standard InChI is InChI=1S/C46H34/c1-45(2)39-13-9-8-12-33(39)37-25-38-36-24-30(18-23-40(36)46(3,4)42(38)26-41(37)45)32-20-15-29-16-21-34-31(27-10-6-5-7-11-27)19-14-28-17-22-35(32)44(29)43(28)34/h5-26H,1-4H3. The first-order valence-corrected chi connectivity index (χ1v) is 16.5. The average molecular weight is 587 g/mol. The molecule has 0 radical (unpaired) electrons. The Bertz CT molecular complexity index is 2560. The van der Waals surface area contributed by atoms with E-state index in [0.717, 1.165) is 0 Å². The molecule has 0 heteroatoms. The van der Waals surface area contributed by atoms with Gasteiger partial charge in [-0.2, -0.15) is 0 Å². The minimum atomic E-state index is -0.0560. The van der Waals surface area contributed by atoms with Crippen LogP contribution < -0.4 is 0 Å². The van der Waals surface area contributed by atoms with Crippen molar-refractivity contribution in [1.29, 1.82) is 0 Å². The summed E-state index contributed by atoms with van der Waals surface area (Å²) < 4.78 is 0. The molecule has 8 aromatic rings. The van der Waals surface area contributed by atoms with E-state index in [2.05, 4.69) is 161 Å². The van der Waals surface area contributed by atoms with Crippen molar-refractivity contribution in [2.24, 2.45) is 0 Å². The Labute approximate surface area is 270 Å². The summed E-state index contributed by atoms with van der Waals surface area (Å²) in [5.74, 6) is 0. The lowest BCUT2D eigenvalue weighted by atomic mass is 9.77. The lowest BCUT2D eigenvalue weighted by molar-refractivity contribution is 0.639. The maximum Gasteiger partial charge on any atom is 0.0158 e. The SMILES string of the molecule is CC1(C)c2ccccc2-c2cc3c(cc21)C(C)(C)c1ccc(-c2ccc4ccc5c(-c6ccccc6)ccc6ccc2c4c65)cc1-3. The summed E-state index contributed by atoms with van der Waals surface area (Å²) in [5.41, 5.74) is 16.4. The fourth-order valence-corrected chi connectivity index (χ4v) is 9.03. The fraction of sp³-hybridized carbons (Fsp3) is 0.130. The smallest absolute Gasteiger partial charge is 0.0158 e. The molecule has 0 N–H and O–H groups in total. The van der Waals surface area contributed by atoms with Crippen LogP contribution in [-0.2, 0) is 10.8 Å². The number of hydrogen-bond acceptors (Lipinski definition) is 0. The third kappa shape index (κ3) is 3.24. The maximum atomic E-state index is 2.53. The van der Waals surface area contributed by atoms with Crippen molar-refractivity contribution < 1.29 is 0 Å². The minimum absolute atomic E-state index is 0.000926. The second-order valence-electron chi connectivity index (χ2n) is 14.5. The summed E-state index contributed by atoms with van der Waals surface area (Å²) in [6.45, 7) is 9.57. The van der Waals surface area contributed by atoms with Crippen LogP contribution in [0, 0.1) is 0 Å². The highest BCUT2D eigenvalue weighted by atomic mass is 14.4. The monoisotopic (exact) mass is 586 g/mol. The summed E-state index contributed by atoms with van der Waals surface area (Å²) in [6.07, 6.45) is 0. The van der Waals surface area contributed by atoms with E-state index in [1.54, 1.807) is 0 Å². The van der Waals surface area contributed by atoms with Gasteiger partial charge in [0.05, 0.1) is 0 Å². The lowest BCUT2D eigenvalue weighted by Crippen LogP contribution is -2.18. The highest BCUT2D eigenvalue weighted by Gasteiger charge is 2.41. The summed E-state index contributed by atoms with van der Waals surface area (Å²) in [6, 6.07) is 50.6. The van der Waals surface area contributed by atoms with Gasteiger partial charge in [0.15, 0.2) is 0 Å². The normalized spacial score (nSPS) is 15.3. The van der Waals surface area contributed by atoms with E-state index in [1.807, 2.05) is 0 Å². The van der Waals surface area contributed by atoms with Gasteiger partial charge < -0.3 is 0 Å². The molecule has 0 spiro atoms. The topological polar surface area (TPSA) is 0 Å². The second-order valence-corrected chi connectivity index (χ2v) is 14.5. The third-order valence-electron chi connectivity index (χ3n) is 11.4. The van der Waals surface area contributed by atoms with Crippen molar-refractivity contribution >= 4 is 32.3 Å². The number of benzene rings is 8. The van der Waals surface area contributed by atoms with Crippen LogP contribution in [0.15, 0.2) is 133 Å². The van der Waals surface area contributed by atoms with Crippen molar-refractivity contribution in [3.8, 4) is 44.5 Å². The summed E-state index contributed by atoms with van der Waals surface area (Å²) >= 11 is 0. The van der Waals surface area contributed by atoms with Gasteiger partial charge in [0.25, 0.3) is 0 Å². The third-order valence-corrected chi connectivity index (χ3v) is 11.4. The molecule has 0 heterocycles. The zero-order valence-electron chi connectivity index (χ0n) is 26.7. The van der Waals surface area contributed by atoms with Crippen LogP contribution in [0.3, 0.4) is 0 Å². The minimum Gasteiger partial charge on any atom is -0.0622 e.